The topological polar surface area (TPSA) is 39.8 Å². The standard InChI is InChI=1S/C12H13ClN2O/c1-2-3-6-10-12(13)15(16)11-8-5-4-7-9(11)14-10/h4-5,7-8H,2-3,6H2,1H3. The molecule has 0 fully saturated rings. The Kier molecular flexibility index (Phi) is 3.25. The van der Waals surface area contributed by atoms with E-state index in [0.29, 0.717) is 16.7 Å². The summed E-state index contributed by atoms with van der Waals surface area (Å²) in [5.74, 6) is 0. The molecule has 0 aliphatic heterocycles. The fourth-order valence-electron chi connectivity index (χ4n) is 1.65. The molecule has 0 unspecified atom stereocenters. The number of hydrogen-bond acceptors (Lipinski definition) is 2. The summed E-state index contributed by atoms with van der Waals surface area (Å²) in [6, 6.07) is 7.23. The number of aromatic nitrogens is 2. The van der Waals surface area contributed by atoms with Gasteiger partial charge < -0.3 is 5.21 Å². The number of fused-ring (bicyclic) bond motifs is 1. The van der Waals surface area contributed by atoms with Crippen molar-refractivity contribution >= 4 is 22.6 Å². The molecule has 84 valence electrons. The van der Waals surface area contributed by atoms with E-state index in [-0.39, 0.29) is 5.15 Å². The number of halogens is 1. The van der Waals surface area contributed by atoms with Crippen LogP contribution in [0.1, 0.15) is 25.5 Å². The third-order valence-corrected chi connectivity index (χ3v) is 2.91. The van der Waals surface area contributed by atoms with Gasteiger partial charge in [-0.15, -0.1) is 0 Å². The van der Waals surface area contributed by atoms with Gasteiger partial charge in [0.05, 0.1) is 0 Å². The van der Waals surface area contributed by atoms with Crippen LogP contribution in [0.2, 0.25) is 5.15 Å². The molecular formula is C12H13ClN2O. The minimum absolute atomic E-state index is 0.201. The monoisotopic (exact) mass is 236 g/mol. The van der Waals surface area contributed by atoms with Gasteiger partial charge >= 0.3 is 5.15 Å². The van der Waals surface area contributed by atoms with Crippen molar-refractivity contribution in [3.63, 3.8) is 0 Å². The Labute approximate surface area is 99.3 Å². The van der Waals surface area contributed by atoms with Crippen LogP contribution < -0.4 is 4.73 Å². The second kappa shape index (κ2) is 4.66. The number of nitrogens with zero attached hydrogens (tertiary/aromatic N) is 2. The third-order valence-electron chi connectivity index (χ3n) is 2.54. The van der Waals surface area contributed by atoms with E-state index in [1.807, 2.05) is 12.1 Å². The fraction of sp³-hybridized carbons (Fsp3) is 0.333. The molecule has 0 saturated heterocycles. The molecular weight excluding hydrogens is 224 g/mol. The summed E-state index contributed by atoms with van der Waals surface area (Å²) in [4.78, 5) is 4.42. The van der Waals surface area contributed by atoms with Gasteiger partial charge in [-0.1, -0.05) is 25.5 Å². The lowest BCUT2D eigenvalue weighted by atomic mass is 10.2. The van der Waals surface area contributed by atoms with Gasteiger partial charge in [-0.25, -0.2) is 4.98 Å². The van der Waals surface area contributed by atoms with Crippen molar-refractivity contribution < 1.29 is 4.73 Å². The van der Waals surface area contributed by atoms with Gasteiger partial charge in [-0.05, 0) is 30.5 Å². The molecule has 4 heteroatoms. The molecule has 0 aliphatic carbocycles. The fourth-order valence-corrected chi connectivity index (χ4v) is 1.88. The average molecular weight is 237 g/mol. The van der Waals surface area contributed by atoms with E-state index in [0.717, 1.165) is 24.0 Å². The van der Waals surface area contributed by atoms with E-state index in [1.54, 1.807) is 12.1 Å². The van der Waals surface area contributed by atoms with Crippen LogP contribution in [0.4, 0.5) is 0 Å². The highest BCUT2D eigenvalue weighted by Crippen LogP contribution is 2.16. The number of benzene rings is 1. The maximum Gasteiger partial charge on any atom is 0.308 e. The Balaban J connectivity index is 2.55. The quantitative estimate of drug-likeness (QED) is 0.607. The second-order valence-corrected chi connectivity index (χ2v) is 4.09. The average Bonchev–Trinajstić information content (AvgIpc) is 2.32. The van der Waals surface area contributed by atoms with Crippen LogP contribution in [0.15, 0.2) is 24.3 Å². The van der Waals surface area contributed by atoms with E-state index < -0.39 is 0 Å². The van der Waals surface area contributed by atoms with Crippen molar-refractivity contribution in [2.24, 2.45) is 0 Å². The van der Waals surface area contributed by atoms with Crippen LogP contribution in [0.5, 0.6) is 0 Å². The van der Waals surface area contributed by atoms with E-state index in [1.165, 1.54) is 0 Å². The second-order valence-electron chi connectivity index (χ2n) is 3.74. The molecule has 1 aromatic heterocycles. The van der Waals surface area contributed by atoms with Crippen LogP contribution in [0.3, 0.4) is 0 Å². The number of rotatable bonds is 3. The first kappa shape index (κ1) is 11.1. The normalized spacial score (nSPS) is 10.9. The molecule has 0 bridgehead atoms. The van der Waals surface area contributed by atoms with Crippen LogP contribution in [-0.4, -0.2) is 4.98 Å². The van der Waals surface area contributed by atoms with Gasteiger partial charge in [0.1, 0.15) is 11.2 Å². The van der Waals surface area contributed by atoms with Gasteiger partial charge in [0.25, 0.3) is 0 Å². The molecule has 0 N–H and O–H groups in total. The summed E-state index contributed by atoms with van der Waals surface area (Å²) < 4.78 is 0.759. The Morgan fingerprint density at radius 1 is 1.38 bits per heavy atom. The molecule has 2 rings (SSSR count). The summed E-state index contributed by atoms with van der Waals surface area (Å²) in [6.45, 7) is 2.10. The first-order valence-corrected chi connectivity index (χ1v) is 5.78. The van der Waals surface area contributed by atoms with E-state index in [2.05, 4.69) is 11.9 Å². The lowest BCUT2D eigenvalue weighted by Crippen LogP contribution is -2.30. The predicted molar refractivity (Wildman–Crippen MR) is 64.3 cm³/mol. The van der Waals surface area contributed by atoms with Gasteiger partial charge in [0.15, 0.2) is 0 Å². The molecule has 0 saturated carbocycles. The molecule has 0 atom stereocenters. The Morgan fingerprint density at radius 3 is 2.88 bits per heavy atom. The zero-order valence-corrected chi connectivity index (χ0v) is 9.87. The lowest BCUT2D eigenvalue weighted by molar-refractivity contribution is -0.575. The molecule has 1 aromatic carbocycles. The number of hydrogen-bond donors (Lipinski definition) is 0. The SMILES string of the molecule is CCCCc1nc2ccccc2[n+]([O-])c1Cl. The van der Waals surface area contributed by atoms with Gasteiger partial charge in [0.2, 0.25) is 5.52 Å². The van der Waals surface area contributed by atoms with Crippen molar-refractivity contribution in [2.75, 3.05) is 0 Å². The number of unbranched alkanes of at least 4 members (excludes halogenated alkanes) is 1. The molecule has 3 nitrogen and oxygen atoms in total. The smallest absolute Gasteiger partial charge is 0.308 e. The summed E-state index contributed by atoms with van der Waals surface area (Å²) in [6.07, 6.45) is 2.80. The molecule has 1 heterocycles. The summed E-state index contributed by atoms with van der Waals surface area (Å²) >= 11 is 6.00. The first-order chi connectivity index (χ1) is 7.74. The highest BCUT2D eigenvalue weighted by atomic mass is 35.5. The number of para-hydroxylation sites is 2. The maximum absolute atomic E-state index is 11.9. The summed E-state index contributed by atoms with van der Waals surface area (Å²) in [5, 5.41) is 12.1. The van der Waals surface area contributed by atoms with Crippen molar-refractivity contribution in [1.82, 2.24) is 4.98 Å². The van der Waals surface area contributed by atoms with Crippen LogP contribution >= 0.6 is 11.6 Å². The highest BCUT2D eigenvalue weighted by molar-refractivity contribution is 6.29. The zero-order valence-electron chi connectivity index (χ0n) is 9.11. The highest BCUT2D eigenvalue weighted by Gasteiger charge is 2.15. The Hall–Kier alpha value is -1.35. The largest absolute Gasteiger partial charge is 0.617 e. The van der Waals surface area contributed by atoms with E-state index >= 15 is 0 Å². The van der Waals surface area contributed by atoms with Crippen molar-refractivity contribution in [3.8, 4) is 0 Å². The third kappa shape index (κ3) is 1.95. The minimum atomic E-state index is 0.201. The molecule has 0 spiro atoms. The molecule has 0 amide bonds. The molecule has 0 aliphatic rings. The summed E-state index contributed by atoms with van der Waals surface area (Å²) in [5.41, 5.74) is 1.91. The zero-order chi connectivity index (χ0) is 11.5. The van der Waals surface area contributed by atoms with Crippen molar-refractivity contribution in [2.45, 2.75) is 26.2 Å². The van der Waals surface area contributed by atoms with Crippen molar-refractivity contribution in [1.29, 1.82) is 0 Å². The molecule has 2 aromatic rings. The van der Waals surface area contributed by atoms with E-state index in [4.69, 9.17) is 11.6 Å². The molecule has 16 heavy (non-hydrogen) atoms. The molecule has 0 radical (unpaired) electrons. The summed E-state index contributed by atoms with van der Waals surface area (Å²) in [7, 11) is 0. The van der Waals surface area contributed by atoms with Crippen molar-refractivity contribution in [3.05, 3.63) is 40.3 Å². The van der Waals surface area contributed by atoms with Crippen LogP contribution in [-0.2, 0) is 6.42 Å². The Bertz CT molecular complexity index is 514. The van der Waals surface area contributed by atoms with Crippen LogP contribution in [0.25, 0.3) is 11.0 Å². The maximum atomic E-state index is 11.9. The van der Waals surface area contributed by atoms with Crippen LogP contribution in [0, 0.1) is 5.21 Å². The van der Waals surface area contributed by atoms with Gasteiger partial charge in [0, 0.05) is 6.07 Å². The number of aryl methyl sites for hydroxylation is 1. The lowest BCUT2D eigenvalue weighted by Gasteiger charge is -2.06. The van der Waals surface area contributed by atoms with E-state index in [9.17, 15) is 5.21 Å². The van der Waals surface area contributed by atoms with Gasteiger partial charge in [-0.2, -0.15) is 4.73 Å². The predicted octanol–water partition coefficient (Wildman–Crippen LogP) is 2.86. The Morgan fingerprint density at radius 2 is 2.12 bits per heavy atom. The first-order valence-electron chi connectivity index (χ1n) is 5.40. The minimum Gasteiger partial charge on any atom is -0.617 e. The van der Waals surface area contributed by atoms with Gasteiger partial charge in [-0.3, -0.25) is 0 Å².